The number of halogens is 2. The lowest BCUT2D eigenvalue weighted by molar-refractivity contribution is 0.0442. The van der Waals surface area contributed by atoms with Crippen LogP contribution in [-0.4, -0.2) is 35.7 Å². The molecule has 0 radical (unpaired) electrons. The lowest BCUT2D eigenvalue weighted by atomic mass is 9.87. The molecule has 7 heteroatoms. The van der Waals surface area contributed by atoms with Crippen molar-refractivity contribution < 1.29 is 14.6 Å². The highest BCUT2D eigenvalue weighted by atomic mass is 35.5. The summed E-state index contributed by atoms with van der Waals surface area (Å²) in [6, 6.07) is 9.28. The molecular formula is C21H25Cl2NO3S. The fourth-order valence-corrected chi connectivity index (χ4v) is 5.34. The number of thiophene rings is 1. The molecule has 2 aliphatic rings. The van der Waals surface area contributed by atoms with E-state index in [2.05, 4.69) is 12.2 Å². The predicted octanol–water partition coefficient (Wildman–Crippen LogP) is 4.44. The Morgan fingerprint density at radius 1 is 1.29 bits per heavy atom. The summed E-state index contributed by atoms with van der Waals surface area (Å²) in [5.41, 5.74) is 0.905. The number of carbonyl (C=O) groups excluding carboxylic acids is 1. The Labute approximate surface area is 180 Å². The minimum Gasteiger partial charge on any atom is -0.486 e. The molecule has 1 aromatic heterocycles. The zero-order chi connectivity index (χ0) is 19.0. The third-order valence-electron chi connectivity index (χ3n) is 5.59. The zero-order valence-electron chi connectivity index (χ0n) is 15.7. The van der Waals surface area contributed by atoms with Gasteiger partial charge in [0, 0.05) is 33.8 Å². The van der Waals surface area contributed by atoms with E-state index < -0.39 is 6.10 Å². The molecule has 1 saturated carbocycles. The number of ether oxygens (including phenoxy) is 1. The van der Waals surface area contributed by atoms with Crippen LogP contribution in [0.3, 0.4) is 0 Å². The monoisotopic (exact) mass is 441 g/mol. The molecule has 2 aromatic rings. The van der Waals surface area contributed by atoms with Crippen molar-refractivity contribution in [3.05, 3.63) is 50.7 Å². The van der Waals surface area contributed by atoms with E-state index in [1.807, 2.05) is 24.3 Å². The van der Waals surface area contributed by atoms with Gasteiger partial charge < -0.3 is 15.2 Å². The largest absolute Gasteiger partial charge is 0.486 e. The number of aryl methyl sites for hydroxylation is 2. The molecule has 1 unspecified atom stereocenters. The quantitative estimate of drug-likeness (QED) is 0.719. The molecule has 0 spiro atoms. The molecule has 1 aromatic carbocycles. The summed E-state index contributed by atoms with van der Waals surface area (Å²) in [4.78, 5) is 15.2. The Kier molecular flexibility index (Phi) is 7.05. The molecule has 0 bridgehead atoms. The van der Waals surface area contributed by atoms with Gasteiger partial charge in [-0.1, -0.05) is 23.7 Å². The number of aliphatic hydroxyl groups excluding tert-OH is 1. The van der Waals surface area contributed by atoms with Gasteiger partial charge in [-0.3, -0.25) is 4.79 Å². The third kappa shape index (κ3) is 4.39. The van der Waals surface area contributed by atoms with E-state index in [1.54, 1.807) is 17.4 Å². The average Bonchev–Trinajstić information content (AvgIpc) is 3.20. The van der Waals surface area contributed by atoms with E-state index in [1.165, 1.54) is 9.75 Å². The van der Waals surface area contributed by atoms with Crippen LogP contribution in [0.15, 0.2) is 30.3 Å². The molecular weight excluding hydrogens is 417 g/mol. The van der Waals surface area contributed by atoms with Crippen LogP contribution >= 0.6 is 35.3 Å². The van der Waals surface area contributed by atoms with Gasteiger partial charge in [-0.15, -0.1) is 23.7 Å². The van der Waals surface area contributed by atoms with Crippen molar-refractivity contribution in [2.75, 3.05) is 6.54 Å². The molecule has 0 amide bonds. The van der Waals surface area contributed by atoms with Crippen molar-refractivity contribution >= 4 is 41.1 Å². The Hall–Kier alpha value is -1.11. The maximum atomic E-state index is 12.7. The lowest BCUT2D eigenvalue weighted by Gasteiger charge is -2.25. The molecule has 4 nitrogen and oxygen atoms in total. The van der Waals surface area contributed by atoms with Gasteiger partial charge in [0.2, 0.25) is 0 Å². The second-order valence-corrected chi connectivity index (χ2v) is 9.21. The number of carbonyl (C=O) groups is 1. The predicted molar refractivity (Wildman–Crippen MR) is 115 cm³/mol. The summed E-state index contributed by atoms with van der Waals surface area (Å²) in [5, 5.41) is 14.6. The molecule has 152 valence electrons. The van der Waals surface area contributed by atoms with Crippen LogP contribution in [0.1, 0.15) is 39.4 Å². The number of benzene rings is 1. The molecule has 1 heterocycles. The first kappa shape index (κ1) is 21.6. The second-order valence-electron chi connectivity index (χ2n) is 7.46. The SMILES string of the molecule is Cc1cc2c(s1)CCC(CN[C@@H]1CC[C@@H](Oc3ccccc3Cl)[C@@H]1O)C2=O.Cl. The standard InChI is InChI=1S/C21H24ClNO3S.ClH/c1-12-10-14-19(27-12)9-6-13(20(14)24)11-23-16-7-8-18(21(16)25)26-17-5-3-2-4-15(17)22;/h2-5,10,13,16,18,21,23,25H,6-9,11H2,1H3;1H/t13?,16-,18-,21-;/m1./s1. The number of hydrogen-bond acceptors (Lipinski definition) is 5. The van der Waals surface area contributed by atoms with E-state index in [-0.39, 0.29) is 36.3 Å². The Balaban J connectivity index is 0.00000225. The molecule has 28 heavy (non-hydrogen) atoms. The van der Waals surface area contributed by atoms with Gasteiger partial charge in [0.15, 0.2) is 5.78 Å². The number of rotatable bonds is 5. The van der Waals surface area contributed by atoms with Crippen molar-refractivity contribution in [2.24, 2.45) is 5.92 Å². The first-order chi connectivity index (χ1) is 13.0. The van der Waals surface area contributed by atoms with Crippen molar-refractivity contribution in [1.82, 2.24) is 5.32 Å². The maximum absolute atomic E-state index is 12.7. The number of para-hydroxylation sites is 1. The van der Waals surface area contributed by atoms with Gasteiger partial charge in [-0.2, -0.15) is 0 Å². The Morgan fingerprint density at radius 3 is 2.86 bits per heavy atom. The fraction of sp³-hybridized carbons (Fsp3) is 0.476. The van der Waals surface area contributed by atoms with Crippen LogP contribution in [0.5, 0.6) is 5.75 Å². The summed E-state index contributed by atoms with van der Waals surface area (Å²) < 4.78 is 5.92. The minimum atomic E-state index is -0.612. The number of fused-ring (bicyclic) bond motifs is 1. The normalized spacial score (nSPS) is 26.6. The number of hydrogen-bond donors (Lipinski definition) is 2. The van der Waals surface area contributed by atoms with Crippen LogP contribution in [0.4, 0.5) is 0 Å². The molecule has 4 rings (SSSR count). The Morgan fingerprint density at radius 2 is 2.07 bits per heavy atom. The number of Topliss-reactive ketones (excluding diaryl/α,β-unsaturated/α-hetero) is 1. The van der Waals surface area contributed by atoms with Crippen LogP contribution in [0, 0.1) is 12.8 Å². The van der Waals surface area contributed by atoms with Crippen molar-refractivity contribution in [1.29, 1.82) is 0 Å². The first-order valence-electron chi connectivity index (χ1n) is 9.49. The summed E-state index contributed by atoms with van der Waals surface area (Å²) in [6.07, 6.45) is 2.53. The van der Waals surface area contributed by atoms with Crippen molar-refractivity contribution in [3.8, 4) is 5.75 Å². The summed E-state index contributed by atoms with van der Waals surface area (Å²) in [5.74, 6) is 0.832. The minimum absolute atomic E-state index is 0. The van der Waals surface area contributed by atoms with Crippen LogP contribution in [0.25, 0.3) is 0 Å². The lowest BCUT2D eigenvalue weighted by Crippen LogP contribution is -2.44. The van der Waals surface area contributed by atoms with E-state index in [0.717, 1.165) is 31.2 Å². The topological polar surface area (TPSA) is 58.6 Å². The van der Waals surface area contributed by atoms with E-state index in [4.69, 9.17) is 16.3 Å². The second kappa shape index (κ2) is 9.14. The van der Waals surface area contributed by atoms with Gasteiger partial charge in [0.05, 0.1) is 5.02 Å². The molecule has 2 aliphatic carbocycles. The van der Waals surface area contributed by atoms with Crippen LogP contribution < -0.4 is 10.1 Å². The van der Waals surface area contributed by atoms with E-state index in [9.17, 15) is 9.90 Å². The molecule has 0 saturated heterocycles. The van der Waals surface area contributed by atoms with Gasteiger partial charge in [0.25, 0.3) is 0 Å². The highest BCUT2D eigenvalue weighted by molar-refractivity contribution is 7.12. The maximum Gasteiger partial charge on any atom is 0.168 e. The average molecular weight is 442 g/mol. The fourth-order valence-electron chi connectivity index (χ4n) is 4.10. The van der Waals surface area contributed by atoms with Crippen molar-refractivity contribution in [3.63, 3.8) is 0 Å². The van der Waals surface area contributed by atoms with Gasteiger partial charge in [0.1, 0.15) is 18.0 Å². The van der Waals surface area contributed by atoms with E-state index >= 15 is 0 Å². The summed E-state index contributed by atoms with van der Waals surface area (Å²) >= 11 is 7.88. The molecule has 2 N–H and O–H groups in total. The molecule has 1 fully saturated rings. The highest BCUT2D eigenvalue weighted by Crippen LogP contribution is 2.33. The zero-order valence-corrected chi connectivity index (χ0v) is 18.1. The third-order valence-corrected chi connectivity index (χ3v) is 7.01. The molecule has 0 aliphatic heterocycles. The van der Waals surface area contributed by atoms with Crippen LogP contribution in [-0.2, 0) is 6.42 Å². The Bertz CT molecular complexity index is 841. The summed E-state index contributed by atoms with van der Waals surface area (Å²) in [7, 11) is 0. The smallest absolute Gasteiger partial charge is 0.168 e. The number of nitrogens with one attached hydrogen (secondary N) is 1. The van der Waals surface area contributed by atoms with Gasteiger partial charge >= 0.3 is 0 Å². The highest BCUT2D eigenvalue weighted by Gasteiger charge is 2.37. The first-order valence-corrected chi connectivity index (χ1v) is 10.7. The number of aliphatic hydroxyl groups is 1. The van der Waals surface area contributed by atoms with E-state index in [0.29, 0.717) is 17.3 Å². The summed E-state index contributed by atoms with van der Waals surface area (Å²) in [6.45, 7) is 2.66. The number of ketones is 1. The van der Waals surface area contributed by atoms with Crippen LogP contribution in [0.2, 0.25) is 5.02 Å². The van der Waals surface area contributed by atoms with Gasteiger partial charge in [-0.25, -0.2) is 0 Å². The van der Waals surface area contributed by atoms with Crippen molar-refractivity contribution in [2.45, 2.75) is 50.9 Å². The van der Waals surface area contributed by atoms with Gasteiger partial charge in [-0.05, 0) is 50.8 Å². The molecule has 4 atom stereocenters.